The molecule has 1 aliphatic rings. The van der Waals surface area contributed by atoms with Gasteiger partial charge >= 0.3 is 0 Å². The second kappa shape index (κ2) is 8.73. The molecule has 2 rings (SSSR count). The van der Waals surface area contributed by atoms with E-state index in [4.69, 9.17) is 0 Å². The normalized spacial score (nSPS) is 19.0. The fourth-order valence-electron chi connectivity index (χ4n) is 3.34. The summed E-state index contributed by atoms with van der Waals surface area (Å²) in [7, 11) is -3.73. The van der Waals surface area contributed by atoms with Crippen molar-refractivity contribution in [1.82, 2.24) is 9.62 Å². The first-order valence-electron chi connectivity index (χ1n) is 8.84. The van der Waals surface area contributed by atoms with Crippen LogP contribution in [0.3, 0.4) is 0 Å². The summed E-state index contributed by atoms with van der Waals surface area (Å²) in [6.45, 7) is 6.06. The minimum absolute atomic E-state index is 0.0609. The molecule has 1 aromatic rings. The third-order valence-corrected chi connectivity index (χ3v) is 6.28. The highest BCUT2D eigenvalue weighted by Crippen LogP contribution is 2.22. The van der Waals surface area contributed by atoms with Gasteiger partial charge in [0.05, 0.1) is 9.82 Å². The van der Waals surface area contributed by atoms with Crippen LogP contribution < -0.4 is 4.72 Å². The molecule has 140 valence electrons. The molecule has 1 aliphatic heterocycles. The fourth-order valence-corrected chi connectivity index (χ4v) is 4.44. The predicted octanol–water partition coefficient (Wildman–Crippen LogP) is 2.84. The van der Waals surface area contributed by atoms with Crippen LogP contribution in [-0.4, -0.2) is 43.9 Å². The number of benzene rings is 1. The maximum absolute atomic E-state index is 12.3. The van der Waals surface area contributed by atoms with E-state index >= 15 is 0 Å². The quantitative estimate of drug-likeness (QED) is 0.432. The van der Waals surface area contributed by atoms with Gasteiger partial charge in [-0.3, -0.25) is 10.1 Å². The molecule has 1 saturated heterocycles. The molecule has 0 unspecified atom stereocenters. The molecule has 7 nitrogen and oxygen atoms in total. The molecule has 0 aliphatic carbocycles. The van der Waals surface area contributed by atoms with Crippen molar-refractivity contribution in [3.05, 3.63) is 33.9 Å². The van der Waals surface area contributed by atoms with E-state index in [-0.39, 0.29) is 10.6 Å². The van der Waals surface area contributed by atoms with Crippen molar-refractivity contribution >= 4 is 15.7 Å². The topological polar surface area (TPSA) is 92.6 Å². The van der Waals surface area contributed by atoms with Crippen LogP contribution in [0.2, 0.25) is 0 Å². The number of sulfonamides is 1. The average molecular weight is 369 g/mol. The van der Waals surface area contributed by atoms with E-state index in [9.17, 15) is 18.5 Å². The number of likely N-dealkylation sites (tertiary alicyclic amines) is 1. The minimum atomic E-state index is -3.73. The lowest BCUT2D eigenvalue weighted by Gasteiger charge is -2.35. The van der Waals surface area contributed by atoms with Crippen LogP contribution >= 0.6 is 0 Å². The van der Waals surface area contributed by atoms with Crippen molar-refractivity contribution in [2.45, 2.75) is 56.9 Å². The van der Waals surface area contributed by atoms with Crippen LogP contribution in [0.4, 0.5) is 5.69 Å². The highest BCUT2D eigenvalue weighted by molar-refractivity contribution is 7.89. The highest BCUT2D eigenvalue weighted by atomic mass is 32.2. The van der Waals surface area contributed by atoms with Gasteiger partial charge in [0.15, 0.2) is 0 Å². The van der Waals surface area contributed by atoms with Gasteiger partial charge in [0.25, 0.3) is 5.69 Å². The first-order chi connectivity index (χ1) is 11.8. The van der Waals surface area contributed by atoms with Crippen molar-refractivity contribution in [2.24, 2.45) is 0 Å². The van der Waals surface area contributed by atoms with Crippen LogP contribution in [0.1, 0.15) is 44.6 Å². The van der Waals surface area contributed by atoms with Gasteiger partial charge in [0.1, 0.15) is 0 Å². The zero-order valence-electron chi connectivity index (χ0n) is 14.9. The van der Waals surface area contributed by atoms with Crippen LogP contribution in [0.15, 0.2) is 23.1 Å². The third kappa shape index (κ3) is 5.23. The molecule has 0 spiro atoms. The maximum atomic E-state index is 12.3. The Bertz CT molecular complexity index is 706. The van der Waals surface area contributed by atoms with Crippen molar-refractivity contribution in [3.63, 3.8) is 0 Å². The number of hydrogen-bond donors (Lipinski definition) is 1. The smallest absolute Gasteiger partial charge is 0.273 e. The van der Waals surface area contributed by atoms with Crippen LogP contribution in [0, 0.1) is 17.0 Å². The van der Waals surface area contributed by atoms with Gasteiger partial charge in [-0.25, -0.2) is 13.1 Å². The predicted molar refractivity (Wildman–Crippen MR) is 97.1 cm³/mol. The van der Waals surface area contributed by atoms with E-state index in [1.54, 1.807) is 6.92 Å². The van der Waals surface area contributed by atoms with Crippen molar-refractivity contribution < 1.29 is 13.3 Å². The van der Waals surface area contributed by atoms with Gasteiger partial charge in [-0.15, -0.1) is 0 Å². The highest BCUT2D eigenvalue weighted by Gasteiger charge is 2.21. The molecule has 1 atom stereocenters. The van der Waals surface area contributed by atoms with Crippen LogP contribution in [-0.2, 0) is 10.0 Å². The zero-order valence-corrected chi connectivity index (χ0v) is 15.7. The Hall–Kier alpha value is -1.51. The van der Waals surface area contributed by atoms with Gasteiger partial charge in [-0.05, 0) is 51.8 Å². The summed E-state index contributed by atoms with van der Waals surface area (Å²) in [4.78, 5) is 12.8. The molecular formula is C17H27N3O4S. The van der Waals surface area contributed by atoms with E-state index in [0.29, 0.717) is 18.2 Å². The molecule has 1 N–H and O–H groups in total. The molecule has 0 radical (unpaired) electrons. The van der Waals surface area contributed by atoms with Gasteiger partial charge in [-0.1, -0.05) is 19.4 Å². The van der Waals surface area contributed by atoms with E-state index in [1.807, 2.05) is 0 Å². The average Bonchev–Trinajstić information content (AvgIpc) is 2.59. The summed E-state index contributed by atoms with van der Waals surface area (Å²) >= 11 is 0. The summed E-state index contributed by atoms with van der Waals surface area (Å²) < 4.78 is 27.2. The Balaban J connectivity index is 1.91. The number of nitro benzene ring substituents is 1. The molecule has 1 aromatic carbocycles. The van der Waals surface area contributed by atoms with Crippen LogP contribution in [0.25, 0.3) is 0 Å². The summed E-state index contributed by atoms with van der Waals surface area (Å²) in [6, 6.07) is 4.59. The summed E-state index contributed by atoms with van der Waals surface area (Å²) in [5.74, 6) is 0. The Morgan fingerprint density at radius 3 is 2.80 bits per heavy atom. The number of nitrogens with zero attached hydrogens (tertiary/aromatic N) is 2. The Morgan fingerprint density at radius 1 is 1.36 bits per heavy atom. The molecule has 1 heterocycles. The second-order valence-corrected chi connectivity index (χ2v) is 8.32. The molecule has 0 saturated carbocycles. The number of nitro groups is 1. The number of piperidine rings is 1. The number of aryl methyl sites for hydroxylation is 1. The first-order valence-corrected chi connectivity index (χ1v) is 10.3. The molecule has 1 fully saturated rings. The number of hydrogen-bond acceptors (Lipinski definition) is 5. The SMILES string of the molecule is CC[C@@H]1CCCCN1CCCNS(=O)(=O)c1ccc(C)c([N+](=O)[O-])c1. The van der Waals surface area contributed by atoms with E-state index in [1.165, 1.54) is 31.4 Å². The molecule has 25 heavy (non-hydrogen) atoms. The lowest BCUT2D eigenvalue weighted by Crippen LogP contribution is -2.40. The summed E-state index contributed by atoms with van der Waals surface area (Å²) in [6.07, 6.45) is 5.54. The first kappa shape index (κ1) is 19.8. The van der Waals surface area contributed by atoms with Crippen molar-refractivity contribution in [1.29, 1.82) is 0 Å². The number of nitrogens with one attached hydrogen (secondary N) is 1. The van der Waals surface area contributed by atoms with Gasteiger partial charge < -0.3 is 4.90 Å². The molecule has 0 bridgehead atoms. The van der Waals surface area contributed by atoms with Crippen LogP contribution in [0.5, 0.6) is 0 Å². The second-order valence-electron chi connectivity index (χ2n) is 6.55. The molecule has 8 heteroatoms. The van der Waals surface area contributed by atoms with Gasteiger partial charge in [0, 0.05) is 24.2 Å². The third-order valence-electron chi connectivity index (χ3n) is 4.82. The Labute approximate surface area is 149 Å². The molecular weight excluding hydrogens is 342 g/mol. The number of rotatable bonds is 8. The minimum Gasteiger partial charge on any atom is -0.300 e. The molecule has 0 aromatic heterocycles. The molecule has 0 amide bonds. The maximum Gasteiger partial charge on any atom is 0.273 e. The fraction of sp³-hybridized carbons (Fsp3) is 0.647. The summed E-state index contributed by atoms with van der Waals surface area (Å²) in [5, 5.41) is 11.0. The van der Waals surface area contributed by atoms with E-state index in [0.717, 1.165) is 32.0 Å². The van der Waals surface area contributed by atoms with Crippen molar-refractivity contribution in [3.8, 4) is 0 Å². The van der Waals surface area contributed by atoms with Crippen molar-refractivity contribution in [2.75, 3.05) is 19.6 Å². The Kier molecular flexibility index (Phi) is 6.92. The largest absolute Gasteiger partial charge is 0.300 e. The van der Waals surface area contributed by atoms with E-state index < -0.39 is 14.9 Å². The van der Waals surface area contributed by atoms with E-state index in [2.05, 4.69) is 16.5 Å². The summed E-state index contributed by atoms with van der Waals surface area (Å²) in [5.41, 5.74) is 0.265. The Morgan fingerprint density at radius 2 is 2.12 bits per heavy atom. The zero-order chi connectivity index (χ0) is 18.4. The van der Waals surface area contributed by atoms with Gasteiger partial charge in [-0.2, -0.15) is 0 Å². The lowest BCUT2D eigenvalue weighted by atomic mass is 10.00. The standard InChI is InChI=1S/C17H27N3O4S/c1-3-15-7-4-5-11-19(15)12-6-10-18-25(23,24)16-9-8-14(2)17(13-16)20(21)22/h8-9,13,15,18H,3-7,10-12H2,1-2H3/t15-/m1/s1. The monoisotopic (exact) mass is 369 g/mol. The van der Waals surface area contributed by atoms with Gasteiger partial charge in [0.2, 0.25) is 10.0 Å². The lowest BCUT2D eigenvalue weighted by molar-refractivity contribution is -0.385.